The van der Waals surface area contributed by atoms with Crippen molar-refractivity contribution in [1.29, 1.82) is 5.26 Å². The van der Waals surface area contributed by atoms with Gasteiger partial charge in [0, 0.05) is 4.47 Å². The van der Waals surface area contributed by atoms with Gasteiger partial charge in [0.2, 0.25) is 0 Å². The highest BCUT2D eigenvalue weighted by molar-refractivity contribution is 9.10. The third kappa shape index (κ3) is 2.69. The highest BCUT2D eigenvalue weighted by Gasteiger charge is 2.06. The molecule has 2 aromatic carbocycles. The van der Waals surface area contributed by atoms with E-state index in [0.717, 1.165) is 15.7 Å². The SMILES string of the molecule is Cc1ccc(F)c(Nc2ccc(C#N)cc2Br)c1. The van der Waals surface area contributed by atoms with Crippen LogP contribution in [0, 0.1) is 24.1 Å². The van der Waals surface area contributed by atoms with Crippen molar-refractivity contribution in [2.75, 3.05) is 5.32 Å². The van der Waals surface area contributed by atoms with Crippen molar-refractivity contribution >= 4 is 27.3 Å². The lowest BCUT2D eigenvalue weighted by molar-refractivity contribution is 0.631. The second-order valence-corrected chi connectivity index (χ2v) is 4.77. The number of hydrogen-bond acceptors (Lipinski definition) is 2. The molecule has 0 aliphatic heterocycles. The summed E-state index contributed by atoms with van der Waals surface area (Å²) in [5.41, 5.74) is 2.67. The smallest absolute Gasteiger partial charge is 0.146 e. The summed E-state index contributed by atoms with van der Waals surface area (Å²) >= 11 is 3.35. The van der Waals surface area contributed by atoms with Gasteiger partial charge in [-0.25, -0.2) is 4.39 Å². The molecule has 0 bridgehead atoms. The van der Waals surface area contributed by atoms with Crippen LogP contribution in [-0.2, 0) is 0 Å². The van der Waals surface area contributed by atoms with Gasteiger partial charge in [0.25, 0.3) is 0 Å². The molecule has 2 rings (SSSR count). The quantitative estimate of drug-likeness (QED) is 0.886. The lowest BCUT2D eigenvalue weighted by atomic mass is 10.2. The molecule has 0 aromatic heterocycles. The van der Waals surface area contributed by atoms with Crippen LogP contribution >= 0.6 is 15.9 Å². The van der Waals surface area contributed by atoms with Crippen LogP contribution in [0.3, 0.4) is 0 Å². The maximum absolute atomic E-state index is 13.6. The van der Waals surface area contributed by atoms with Gasteiger partial charge in [0.1, 0.15) is 5.82 Å². The molecular formula is C14H10BrFN2. The van der Waals surface area contributed by atoms with Crippen LogP contribution < -0.4 is 5.32 Å². The first-order chi connectivity index (χ1) is 8.60. The molecule has 0 saturated heterocycles. The summed E-state index contributed by atoms with van der Waals surface area (Å²) in [7, 11) is 0. The number of anilines is 2. The standard InChI is InChI=1S/C14H10BrFN2/c1-9-2-4-12(16)14(6-9)18-13-5-3-10(8-17)7-11(13)15/h2-7,18H,1H3. The predicted octanol–water partition coefficient (Wildman–Crippen LogP) is 4.51. The minimum atomic E-state index is -0.308. The average molecular weight is 305 g/mol. The summed E-state index contributed by atoms with van der Waals surface area (Å²) in [6, 6.07) is 12.0. The van der Waals surface area contributed by atoms with Crippen LogP contribution in [0.15, 0.2) is 40.9 Å². The molecule has 0 amide bonds. The van der Waals surface area contributed by atoms with Gasteiger partial charge in [-0.3, -0.25) is 0 Å². The van der Waals surface area contributed by atoms with E-state index in [2.05, 4.69) is 21.2 Å². The monoisotopic (exact) mass is 304 g/mol. The lowest BCUT2D eigenvalue weighted by Gasteiger charge is -2.10. The van der Waals surface area contributed by atoms with E-state index < -0.39 is 0 Å². The van der Waals surface area contributed by atoms with Crippen LogP contribution in [-0.4, -0.2) is 0 Å². The molecule has 18 heavy (non-hydrogen) atoms. The zero-order valence-electron chi connectivity index (χ0n) is 9.67. The maximum atomic E-state index is 13.6. The number of rotatable bonds is 2. The predicted molar refractivity (Wildman–Crippen MR) is 73.3 cm³/mol. The molecule has 2 nitrogen and oxygen atoms in total. The zero-order chi connectivity index (χ0) is 13.1. The molecular weight excluding hydrogens is 295 g/mol. The average Bonchev–Trinajstić information content (AvgIpc) is 2.36. The van der Waals surface area contributed by atoms with Gasteiger partial charge in [-0.1, -0.05) is 6.07 Å². The number of nitriles is 1. The Kier molecular flexibility index (Phi) is 3.63. The van der Waals surface area contributed by atoms with Gasteiger partial charge >= 0.3 is 0 Å². The van der Waals surface area contributed by atoms with E-state index in [1.807, 2.05) is 13.0 Å². The van der Waals surface area contributed by atoms with E-state index in [-0.39, 0.29) is 5.82 Å². The van der Waals surface area contributed by atoms with Crippen molar-refractivity contribution in [3.05, 3.63) is 57.8 Å². The summed E-state index contributed by atoms with van der Waals surface area (Å²) in [5, 5.41) is 11.8. The van der Waals surface area contributed by atoms with Crippen LogP contribution in [0.2, 0.25) is 0 Å². The van der Waals surface area contributed by atoms with E-state index in [1.54, 1.807) is 30.3 Å². The van der Waals surface area contributed by atoms with Crippen molar-refractivity contribution in [3.63, 3.8) is 0 Å². The number of hydrogen-bond donors (Lipinski definition) is 1. The second kappa shape index (κ2) is 5.19. The Morgan fingerprint density at radius 1 is 1.17 bits per heavy atom. The Hall–Kier alpha value is -1.86. The van der Waals surface area contributed by atoms with Crippen LogP contribution in [0.1, 0.15) is 11.1 Å². The normalized spacial score (nSPS) is 9.89. The molecule has 0 spiro atoms. The van der Waals surface area contributed by atoms with Gasteiger partial charge in [-0.15, -0.1) is 0 Å². The van der Waals surface area contributed by atoms with E-state index in [1.165, 1.54) is 6.07 Å². The fraction of sp³-hybridized carbons (Fsp3) is 0.0714. The molecule has 2 aromatic rings. The molecule has 0 atom stereocenters. The molecule has 1 N–H and O–H groups in total. The molecule has 0 radical (unpaired) electrons. The van der Waals surface area contributed by atoms with Crippen molar-refractivity contribution in [1.82, 2.24) is 0 Å². The van der Waals surface area contributed by atoms with Crippen LogP contribution in [0.5, 0.6) is 0 Å². The molecule has 0 aliphatic carbocycles. The van der Waals surface area contributed by atoms with Gasteiger partial charge < -0.3 is 5.32 Å². The van der Waals surface area contributed by atoms with Gasteiger partial charge in [0.05, 0.1) is 23.0 Å². The number of benzene rings is 2. The fourth-order valence-corrected chi connectivity index (χ4v) is 2.04. The third-order valence-corrected chi connectivity index (χ3v) is 3.15. The fourth-order valence-electron chi connectivity index (χ4n) is 1.57. The highest BCUT2D eigenvalue weighted by atomic mass is 79.9. The van der Waals surface area contributed by atoms with E-state index in [0.29, 0.717) is 11.3 Å². The molecule has 0 unspecified atom stereocenters. The highest BCUT2D eigenvalue weighted by Crippen LogP contribution is 2.28. The van der Waals surface area contributed by atoms with Crippen molar-refractivity contribution in [3.8, 4) is 6.07 Å². The first-order valence-corrected chi connectivity index (χ1v) is 6.12. The Morgan fingerprint density at radius 2 is 1.94 bits per heavy atom. The topological polar surface area (TPSA) is 35.8 Å². The minimum absolute atomic E-state index is 0.308. The Bertz CT molecular complexity index is 632. The lowest BCUT2D eigenvalue weighted by Crippen LogP contribution is -1.95. The van der Waals surface area contributed by atoms with Gasteiger partial charge in [0.15, 0.2) is 0 Å². The molecule has 0 heterocycles. The Labute approximate surface area is 113 Å². The summed E-state index contributed by atoms with van der Waals surface area (Å²) in [4.78, 5) is 0. The first kappa shape index (κ1) is 12.6. The summed E-state index contributed by atoms with van der Waals surface area (Å²) in [6.45, 7) is 1.90. The van der Waals surface area contributed by atoms with Gasteiger partial charge in [-0.05, 0) is 58.7 Å². The molecule has 0 aliphatic rings. The largest absolute Gasteiger partial charge is 0.352 e. The van der Waals surface area contributed by atoms with Crippen molar-refractivity contribution in [2.24, 2.45) is 0 Å². The number of nitrogens with zero attached hydrogens (tertiary/aromatic N) is 1. The Morgan fingerprint density at radius 3 is 2.61 bits per heavy atom. The second-order valence-electron chi connectivity index (χ2n) is 3.91. The minimum Gasteiger partial charge on any atom is -0.352 e. The third-order valence-electron chi connectivity index (χ3n) is 2.49. The number of halogens is 2. The number of aryl methyl sites for hydroxylation is 1. The zero-order valence-corrected chi connectivity index (χ0v) is 11.3. The van der Waals surface area contributed by atoms with E-state index in [4.69, 9.17) is 5.26 Å². The summed E-state index contributed by atoms with van der Waals surface area (Å²) in [5.74, 6) is -0.308. The van der Waals surface area contributed by atoms with Crippen LogP contribution in [0.25, 0.3) is 0 Å². The molecule has 4 heteroatoms. The van der Waals surface area contributed by atoms with E-state index >= 15 is 0 Å². The summed E-state index contributed by atoms with van der Waals surface area (Å²) < 4.78 is 14.3. The first-order valence-electron chi connectivity index (χ1n) is 5.33. The number of nitrogens with one attached hydrogen (secondary N) is 1. The maximum Gasteiger partial charge on any atom is 0.146 e. The van der Waals surface area contributed by atoms with E-state index in [9.17, 15) is 4.39 Å². The van der Waals surface area contributed by atoms with Crippen LogP contribution in [0.4, 0.5) is 15.8 Å². The van der Waals surface area contributed by atoms with Crippen molar-refractivity contribution in [2.45, 2.75) is 6.92 Å². The molecule has 90 valence electrons. The Balaban J connectivity index is 2.34. The van der Waals surface area contributed by atoms with Crippen molar-refractivity contribution < 1.29 is 4.39 Å². The van der Waals surface area contributed by atoms with Gasteiger partial charge in [-0.2, -0.15) is 5.26 Å². The molecule has 0 saturated carbocycles. The molecule has 0 fully saturated rings. The summed E-state index contributed by atoms with van der Waals surface area (Å²) in [6.07, 6.45) is 0.